The molecule has 3 aromatic heterocycles. The summed E-state index contributed by atoms with van der Waals surface area (Å²) in [6.07, 6.45) is 7.71. The van der Waals surface area contributed by atoms with E-state index in [2.05, 4.69) is 37.1 Å². The first-order valence-corrected chi connectivity index (χ1v) is 11.4. The van der Waals surface area contributed by atoms with Crippen LogP contribution in [0.5, 0.6) is 0 Å². The van der Waals surface area contributed by atoms with E-state index in [1.807, 2.05) is 13.8 Å². The summed E-state index contributed by atoms with van der Waals surface area (Å²) in [6.45, 7) is 3.99. The molecular weight excluding hydrogens is 432 g/mol. The Morgan fingerprint density at radius 1 is 1.12 bits per heavy atom. The van der Waals surface area contributed by atoms with Crippen LogP contribution < -0.4 is 16.0 Å². The third-order valence-electron chi connectivity index (χ3n) is 6.01. The van der Waals surface area contributed by atoms with Crippen LogP contribution in [0, 0.1) is 17.2 Å². The lowest BCUT2D eigenvalue weighted by Gasteiger charge is -2.28. The zero-order chi connectivity index (χ0) is 24.2. The maximum atomic E-state index is 13.1. The number of anilines is 1. The molecule has 0 aromatic carbocycles. The number of nitriles is 1. The van der Waals surface area contributed by atoms with Crippen molar-refractivity contribution in [3.8, 4) is 11.9 Å². The smallest absolute Gasteiger partial charge is 0.255 e. The van der Waals surface area contributed by atoms with Gasteiger partial charge in [0.1, 0.15) is 6.07 Å². The molecule has 0 bridgehead atoms. The summed E-state index contributed by atoms with van der Waals surface area (Å²) in [6, 6.07) is 5.69. The molecule has 2 amide bonds. The van der Waals surface area contributed by atoms with Crippen molar-refractivity contribution in [1.82, 2.24) is 30.4 Å². The van der Waals surface area contributed by atoms with Crippen LogP contribution in [-0.4, -0.2) is 50.7 Å². The van der Waals surface area contributed by atoms with E-state index in [-0.39, 0.29) is 29.8 Å². The Balaban J connectivity index is 1.56. The van der Waals surface area contributed by atoms with Gasteiger partial charge >= 0.3 is 0 Å². The van der Waals surface area contributed by atoms with Gasteiger partial charge in [0.2, 0.25) is 5.91 Å². The molecule has 34 heavy (non-hydrogen) atoms. The highest BCUT2D eigenvalue weighted by molar-refractivity contribution is 5.99. The van der Waals surface area contributed by atoms with Crippen LogP contribution in [0.4, 0.5) is 5.69 Å². The molecule has 1 aliphatic rings. The Hall–Kier alpha value is -4.00. The topological polar surface area (TPSA) is 138 Å². The van der Waals surface area contributed by atoms with Crippen molar-refractivity contribution in [2.75, 3.05) is 12.4 Å². The summed E-state index contributed by atoms with van der Waals surface area (Å²) in [4.78, 5) is 33.8. The number of rotatable bonds is 6. The highest BCUT2D eigenvalue weighted by atomic mass is 16.2. The number of amides is 2. The Labute approximate surface area is 197 Å². The number of hydrogen-bond donors (Lipinski definition) is 3. The van der Waals surface area contributed by atoms with Crippen molar-refractivity contribution in [1.29, 1.82) is 5.26 Å². The third-order valence-corrected chi connectivity index (χ3v) is 6.01. The van der Waals surface area contributed by atoms with Crippen LogP contribution in [-0.2, 0) is 4.79 Å². The number of carbonyl (C=O) groups is 2. The van der Waals surface area contributed by atoms with Gasteiger partial charge in [-0.25, -0.2) is 9.97 Å². The quantitative estimate of drug-likeness (QED) is 0.514. The monoisotopic (exact) mass is 460 g/mol. The number of pyridine rings is 2. The van der Waals surface area contributed by atoms with Crippen LogP contribution >= 0.6 is 0 Å². The molecule has 176 valence electrons. The van der Waals surface area contributed by atoms with E-state index in [0.717, 1.165) is 31.1 Å². The molecule has 0 saturated heterocycles. The first-order valence-electron chi connectivity index (χ1n) is 11.4. The summed E-state index contributed by atoms with van der Waals surface area (Å²) in [5.41, 5.74) is 2.13. The summed E-state index contributed by atoms with van der Waals surface area (Å²) in [5.74, 6) is 0.391. The number of fused-ring (bicyclic) bond motifs is 1. The van der Waals surface area contributed by atoms with E-state index in [9.17, 15) is 9.59 Å². The number of carbonyl (C=O) groups excluding carboxylic acids is 2. The first-order chi connectivity index (χ1) is 16.4. The molecule has 0 radical (unpaired) electrons. The van der Waals surface area contributed by atoms with Gasteiger partial charge in [-0.05, 0) is 45.6 Å². The highest BCUT2D eigenvalue weighted by Gasteiger charge is 2.27. The number of aromatic nitrogens is 4. The van der Waals surface area contributed by atoms with E-state index >= 15 is 0 Å². The molecule has 4 rings (SSSR count). The first kappa shape index (κ1) is 23.2. The van der Waals surface area contributed by atoms with Gasteiger partial charge in [-0.1, -0.05) is 0 Å². The lowest BCUT2D eigenvalue weighted by atomic mass is 9.85. The van der Waals surface area contributed by atoms with Gasteiger partial charge in [0.15, 0.2) is 11.5 Å². The second-order valence-electron chi connectivity index (χ2n) is 8.83. The average Bonchev–Trinajstić information content (AvgIpc) is 3.26. The van der Waals surface area contributed by atoms with Crippen molar-refractivity contribution < 1.29 is 9.59 Å². The number of hydrogen-bond acceptors (Lipinski definition) is 7. The fraction of sp³-hybridized carbons (Fsp3) is 0.417. The SMILES string of the molecule is CNC(=O)C1CCC(NC(=O)c2cnc(-n3ncc4cc(C#N)cnc43)cc2NC(C)C)CC1. The van der Waals surface area contributed by atoms with Crippen molar-refractivity contribution in [3.05, 3.63) is 41.9 Å². The van der Waals surface area contributed by atoms with Gasteiger partial charge < -0.3 is 16.0 Å². The molecule has 1 aliphatic carbocycles. The Morgan fingerprint density at radius 2 is 1.88 bits per heavy atom. The van der Waals surface area contributed by atoms with E-state index in [1.165, 1.54) is 6.20 Å². The average molecular weight is 461 g/mol. The second-order valence-corrected chi connectivity index (χ2v) is 8.83. The summed E-state index contributed by atoms with van der Waals surface area (Å²) in [7, 11) is 1.65. The van der Waals surface area contributed by atoms with E-state index in [1.54, 1.807) is 36.3 Å². The van der Waals surface area contributed by atoms with Crippen LogP contribution in [0.1, 0.15) is 55.5 Å². The van der Waals surface area contributed by atoms with Gasteiger partial charge in [-0.15, -0.1) is 0 Å². The summed E-state index contributed by atoms with van der Waals surface area (Å²) < 4.78 is 1.59. The maximum Gasteiger partial charge on any atom is 0.255 e. The van der Waals surface area contributed by atoms with E-state index < -0.39 is 0 Å². The van der Waals surface area contributed by atoms with E-state index in [4.69, 9.17) is 5.26 Å². The zero-order valence-corrected chi connectivity index (χ0v) is 19.5. The largest absolute Gasteiger partial charge is 0.382 e. The maximum absolute atomic E-state index is 13.1. The van der Waals surface area contributed by atoms with Gasteiger partial charge in [0, 0.05) is 48.9 Å². The molecule has 1 fully saturated rings. The van der Waals surface area contributed by atoms with Crippen LogP contribution in [0.15, 0.2) is 30.7 Å². The molecule has 0 atom stereocenters. The Morgan fingerprint density at radius 3 is 2.56 bits per heavy atom. The zero-order valence-electron chi connectivity index (χ0n) is 19.5. The van der Waals surface area contributed by atoms with E-state index in [0.29, 0.717) is 28.3 Å². The number of nitrogens with one attached hydrogen (secondary N) is 3. The highest BCUT2D eigenvalue weighted by Crippen LogP contribution is 2.26. The van der Waals surface area contributed by atoms with Crippen molar-refractivity contribution in [2.24, 2.45) is 5.92 Å². The van der Waals surface area contributed by atoms with Gasteiger partial charge in [-0.3, -0.25) is 9.59 Å². The minimum atomic E-state index is -0.201. The van der Waals surface area contributed by atoms with Crippen molar-refractivity contribution in [2.45, 2.75) is 51.6 Å². The molecular formula is C24H28N8O2. The van der Waals surface area contributed by atoms with Gasteiger partial charge in [0.25, 0.3) is 5.91 Å². The molecule has 1 saturated carbocycles. The van der Waals surface area contributed by atoms with Crippen LogP contribution in [0.2, 0.25) is 0 Å². The molecule has 3 N–H and O–H groups in total. The predicted molar refractivity (Wildman–Crippen MR) is 127 cm³/mol. The number of nitrogens with zero attached hydrogens (tertiary/aromatic N) is 5. The van der Waals surface area contributed by atoms with Crippen LogP contribution in [0.3, 0.4) is 0 Å². The minimum absolute atomic E-state index is 0.0130. The molecule has 3 aromatic rings. The molecule has 0 spiro atoms. The lowest BCUT2D eigenvalue weighted by Crippen LogP contribution is -2.40. The molecule has 0 aliphatic heterocycles. The van der Waals surface area contributed by atoms with Crippen molar-refractivity contribution in [3.63, 3.8) is 0 Å². The molecule has 10 nitrogen and oxygen atoms in total. The minimum Gasteiger partial charge on any atom is -0.382 e. The fourth-order valence-electron chi connectivity index (χ4n) is 4.29. The Kier molecular flexibility index (Phi) is 6.72. The molecule has 10 heteroatoms. The summed E-state index contributed by atoms with van der Waals surface area (Å²) >= 11 is 0. The second kappa shape index (κ2) is 9.87. The predicted octanol–water partition coefficient (Wildman–Crippen LogP) is 2.54. The summed E-state index contributed by atoms with van der Waals surface area (Å²) in [5, 5.41) is 23.4. The van der Waals surface area contributed by atoms with Gasteiger partial charge in [0.05, 0.1) is 23.0 Å². The van der Waals surface area contributed by atoms with Crippen molar-refractivity contribution >= 4 is 28.5 Å². The van der Waals surface area contributed by atoms with Crippen LogP contribution in [0.25, 0.3) is 16.9 Å². The van der Waals surface area contributed by atoms with Gasteiger partial charge in [-0.2, -0.15) is 15.0 Å². The lowest BCUT2D eigenvalue weighted by molar-refractivity contribution is -0.125. The normalized spacial score (nSPS) is 17.9. The standard InChI is InChI=1S/C24H28N8O2/c1-14(2)30-20-9-21(32-22-17(12-29-32)8-15(10-25)11-28-22)27-13-19(20)24(34)31-18-6-4-16(5-7-18)23(33)26-3/h8-9,11-14,16,18H,4-7H2,1-3H3,(H,26,33)(H,27,30)(H,31,34). The Bertz CT molecular complexity index is 1250. The molecule has 3 heterocycles. The third kappa shape index (κ3) is 4.83. The molecule has 0 unspecified atom stereocenters. The fourth-order valence-corrected chi connectivity index (χ4v) is 4.29.